The van der Waals surface area contributed by atoms with E-state index in [0.717, 1.165) is 42.8 Å². The third-order valence-corrected chi connectivity index (χ3v) is 3.80. The van der Waals surface area contributed by atoms with Crippen LogP contribution in [0.25, 0.3) is 0 Å². The summed E-state index contributed by atoms with van der Waals surface area (Å²) in [6, 6.07) is 6.10. The molecule has 104 valence electrons. The maximum absolute atomic E-state index is 12.1. The van der Waals surface area contributed by atoms with Gasteiger partial charge in [-0.25, -0.2) is 0 Å². The van der Waals surface area contributed by atoms with E-state index in [1.165, 1.54) is 0 Å². The molecule has 2 rings (SSSR count). The van der Waals surface area contributed by atoms with E-state index in [2.05, 4.69) is 5.32 Å². The van der Waals surface area contributed by atoms with Gasteiger partial charge in [-0.2, -0.15) is 0 Å². The summed E-state index contributed by atoms with van der Waals surface area (Å²) in [4.78, 5) is 12.1. The van der Waals surface area contributed by atoms with Gasteiger partial charge in [-0.1, -0.05) is 18.2 Å². The number of para-hydroxylation sites is 1. The number of Topliss-reactive ketones (excluding diaryl/α,β-unsaturated/α-hetero) is 1. The van der Waals surface area contributed by atoms with Crippen molar-refractivity contribution >= 4 is 5.78 Å². The molecule has 0 saturated carbocycles. The normalized spacial score (nSPS) is 16.3. The molecule has 1 aromatic rings. The van der Waals surface area contributed by atoms with Crippen LogP contribution in [0.4, 0.5) is 0 Å². The third kappa shape index (κ3) is 3.80. The highest BCUT2D eigenvalue weighted by molar-refractivity contribution is 5.81. The van der Waals surface area contributed by atoms with E-state index in [4.69, 9.17) is 4.74 Å². The van der Waals surface area contributed by atoms with E-state index in [1.54, 1.807) is 0 Å². The first kappa shape index (κ1) is 14.1. The molecule has 0 radical (unpaired) electrons. The molecular formula is C16H23NO2. The van der Waals surface area contributed by atoms with Crippen LogP contribution in [0.3, 0.4) is 0 Å². The first-order valence-corrected chi connectivity index (χ1v) is 7.11. The van der Waals surface area contributed by atoms with Gasteiger partial charge in [-0.3, -0.25) is 4.79 Å². The maximum Gasteiger partial charge on any atom is 0.139 e. The lowest BCUT2D eigenvalue weighted by Gasteiger charge is -2.21. The Morgan fingerprint density at radius 2 is 1.89 bits per heavy atom. The van der Waals surface area contributed by atoms with E-state index in [-0.39, 0.29) is 5.92 Å². The minimum atomic E-state index is 0.239. The number of carbonyl (C=O) groups is 1. The predicted molar refractivity (Wildman–Crippen MR) is 76.6 cm³/mol. The molecule has 0 aliphatic carbocycles. The molecule has 1 aromatic carbocycles. The van der Waals surface area contributed by atoms with Crippen molar-refractivity contribution in [3.8, 4) is 5.75 Å². The predicted octanol–water partition coefficient (Wildman–Crippen LogP) is 2.64. The highest BCUT2D eigenvalue weighted by Crippen LogP contribution is 2.23. The second-order valence-corrected chi connectivity index (χ2v) is 5.31. The third-order valence-electron chi connectivity index (χ3n) is 3.80. The Hall–Kier alpha value is -1.35. The average Bonchev–Trinajstić information content (AvgIpc) is 2.43. The molecule has 0 aromatic heterocycles. The van der Waals surface area contributed by atoms with Crippen molar-refractivity contribution in [1.82, 2.24) is 5.32 Å². The largest absolute Gasteiger partial charge is 0.493 e. The lowest BCUT2D eigenvalue weighted by molar-refractivity contribution is -0.124. The number of hydrogen-bond donors (Lipinski definition) is 1. The zero-order valence-corrected chi connectivity index (χ0v) is 11.9. The summed E-state index contributed by atoms with van der Waals surface area (Å²) in [5.41, 5.74) is 2.27. The fraction of sp³-hybridized carbons (Fsp3) is 0.562. The summed E-state index contributed by atoms with van der Waals surface area (Å²) in [5.74, 6) is 1.52. The molecule has 0 bridgehead atoms. The van der Waals surface area contributed by atoms with Gasteiger partial charge in [0, 0.05) is 12.3 Å². The van der Waals surface area contributed by atoms with Gasteiger partial charge >= 0.3 is 0 Å². The molecular weight excluding hydrogens is 238 g/mol. The molecule has 0 atom stereocenters. The Labute approximate surface area is 115 Å². The summed E-state index contributed by atoms with van der Waals surface area (Å²) < 4.78 is 5.79. The van der Waals surface area contributed by atoms with Gasteiger partial charge in [-0.05, 0) is 50.9 Å². The number of ether oxygens (including phenoxy) is 1. The molecule has 1 fully saturated rings. The first-order chi connectivity index (χ1) is 9.18. The first-order valence-electron chi connectivity index (χ1n) is 7.11. The van der Waals surface area contributed by atoms with E-state index in [0.29, 0.717) is 18.8 Å². The summed E-state index contributed by atoms with van der Waals surface area (Å²) in [6.07, 6.45) is 2.48. The van der Waals surface area contributed by atoms with Crippen molar-refractivity contribution < 1.29 is 9.53 Å². The van der Waals surface area contributed by atoms with Gasteiger partial charge in [-0.15, -0.1) is 0 Å². The van der Waals surface area contributed by atoms with E-state index in [1.807, 2.05) is 32.0 Å². The number of benzene rings is 1. The fourth-order valence-corrected chi connectivity index (χ4v) is 2.63. The number of ketones is 1. The number of rotatable bonds is 5. The van der Waals surface area contributed by atoms with Crippen LogP contribution in [0.15, 0.2) is 18.2 Å². The fourth-order valence-electron chi connectivity index (χ4n) is 2.63. The van der Waals surface area contributed by atoms with Crippen LogP contribution < -0.4 is 10.1 Å². The van der Waals surface area contributed by atoms with Crippen molar-refractivity contribution in [2.45, 2.75) is 33.1 Å². The number of piperidine rings is 1. The maximum atomic E-state index is 12.1. The second-order valence-electron chi connectivity index (χ2n) is 5.31. The van der Waals surface area contributed by atoms with Gasteiger partial charge < -0.3 is 10.1 Å². The SMILES string of the molecule is Cc1cccc(C)c1OCCC(=O)C1CCNCC1. The zero-order chi connectivity index (χ0) is 13.7. The van der Waals surface area contributed by atoms with Gasteiger partial charge in [0.25, 0.3) is 0 Å². The number of nitrogens with one attached hydrogen (secondary N) is 1. The molecule has 1 N–H and O–H groups in total. The minimum absolute atomic E-state index is 0.239. The average molecular weight is 261 g/mol. The summed E-state index contributed by atoms with van der Waals surface area (Å²) in [6.45, 7) is 6.50. The lowest BCUT2D eigenvalue weighted by atomic mass is 9.92. The molecule has 3 heteroatoms. The van der Waals surface area contributed by atoms with Crippen molar-refractivity contribution in [1.29, 1.82) is 0 Å². The second kappa shape index (κ2) is 6.71. The van der Waals surface area contributed by atoms with Gasteiger partial charge in [0.2, 0.25) is 0 Å². The zero-order valence-electron chi connectivity index (χ0n) is 11.9. The molecule has 1 heterocycles. The van der Waals surface area contributed by atoms with E-state index in [9.17, 15) is 4.79 Å². The number of carbonyl (C=O) groups excluding carboxylic acids is 1. The lowest BCUT2D eigenvalue weighted by Crippen LogP contribution is -2.32. The Bertz CT molecular complexity index is 416. The van der Waals surface area contributed by atoms with Crippen LogP contribution in [0.1, 0.15) is 30.4 Å². The van der Waals surface area contributed by atoms with Crippen LogP contribution in [-0.2, 0) is 4.79 Å². The molecule has 1 aliphatic heterocycles. The van der Waals surface area contributed by atoms with Crippen molar-refractivity contribution in [3.63, 3.8) is 0 Å². The molecule has 3 nitrogen and oxygen atoms in total. The molecule has 19 heavy (non-hydrogen) atoms. The molecule has 0 unspecified atom stereocenters. The minimum Gasteiger partial charge on any atom is -0.493 e. The Balaban J connectivity index is 1.81. The van der Waals surface area contributed by atoms with Crippen LogP contribution in [0.5, 0.6) is 5.75 Å². The summed E-state index contributed by atoms with van der Waals surface area (Å²) in [5, 5.41) is 3.28. The monoisotopic (exact) mass is 261 g/mol. The van der Waals surface area contributed by atoms with Crippen LogP contribution in [0, 0.1) is 19.8 Å². The number of hydrogen-bond acceptors (Lipinski definition) is 3. The molecule has 0 spiro atoms. The van der Waals surface area contributed by atoms with Crippen molar-refractivity contribution in [3.05, 3.63) is 29.3 Å². The smallest absolute Gasteiger partial charge is 0.139 e. The van der Waals surface area contributed by atoms with Crippen LogP contribution in [-0.4, -0.2) is 25.5 Å². The van der Waals surface area contributed by atoms with Gasteiger partial charge in [0.1, 0.15) is 11.5 Å². The van der Waals surface area contributed by atoms with Gasteiger partial charge in [0.15, 0.2) is 0 Å². The highest BCUT2D eigenvalue weighted by atomic mass is 16.5. The number of aryl methyl sites for hydroxylation is 2. The van der Waals surface area contributed by atoms with Crippen molar-refractivity contribution in [2.75, 3.05) is 19.7 Å². The van der Waals surface area contributed by atoms with Crippen molar-refractivity contribution in [2.24, 2.45) is 5.92 Å². The molecule has 0 amide bonds. The van der Waals surface area contributed by atoms with Crippen LogP contribution in [0.2, 0.25) is 0 Å². The summed E-state index contributed by atoms with van der Waals surface area (Å²) >= 11 is 0. The highest BCUT2D eigenvalue weighted by Gasteiger charge is 2.20. The van der Waals surface area contributed by atoms with Gasteiger partial charge in [0.05, 0.1) is 6.61 Å². The molecule has 1 aliphatic rings. The Morgan fingerprint density at radius 3 is 2.53 bits per heavy atom. The van der Waals surface area contributed by atoms with E-state index >= 15 is 0 Å². The topological polar surface area (TPSA) is 38.3 Å². The summed E-state index contributed by atoms with van der Waals surface area (Å²) in [7, 11) is 0. The Kier molecular flexibility index (Phi) is 4.97. The Morgan fingerprint density at radius 1 is 1.26 bits per heavy atom. The standard InChI is InChI=1S/C16H23NO2/c1-12-4-3-5-13(2)16(12)19-11-8-15(18)14-6-9-17-10-7-14/h3-5,14,17H,6-11H2,1-2H3. The molecule has 1 saturated heterocycles. The van der Waals surface area contributed by atoms with Crippen LogP contribution >= 0.6 is 0 Å². The van der Waals surface area contributed by atoms with E-state index < -0.39 is 0 Å². The quantitative estimate of drug-likeness (QED) is 0.885.